The van der Waals surface area contributed by atoms with Gasteiger partial charge in [0.1, 0.15) is 18.9 Å². The minimum Gasteiger partial charge on any atom is -0.394 e. The van der Waals surface area contributed by atoms with Crippen LogP contribution in [-0.2, 0) is 4.84 Å². The van der Waals surface area contributed by atoms with Crippen LogP contribution in [0.4, 0.5) is 0 Å². The average Bonchev–Trinajstić information content (AvgIpc) is 2.16. The Morgan fingerprint density at radius 2 is 2.29 bits per heavy atom. The van der Waals surface area contributed by atoms with Crippen LogP contribution in [0, 0.1) is 17.8 Å². The Labute approximate surface area is 85.3 Å². The predicted octanol–water partition coefficient (Wildman–Crippen LogP) is 0.230. The summed E-state index contributed by atoms with van der Waals surface area (Å²) < 4.78 is 0. The Morgan fingerprint density at radius 3 is 2.79 bits per heavy atom. The van der Waals surface area contributed by atoms with Gasteiger partial charge in [0.2, 0.25) is 0 Å². The van der Waals surface area contributed by atoms with Gasteiger partial charge in [0, 0.05) is 12.5 Å². The van der Waals surface area contributed by atoms with Crippen molar-refractivity contribution in [2.45, 2.75) is 13.8 Å². The first-order valence-electron chi connectivity index (χ1n) is 4.66. The lowest BCUT2D eigenvalue weighted by Crippen LogP contribution is -2.14. The van der Waals surface area contributed by atoms with Crippen LogP contribution in [-0.4, -0.2) is 37.6 Å². The molecule has 0 amide bonds. The van der Waals surface area contributed by atoms with Gasteiger partial charge in [-0.2, -0.15) is 0 Å². The number of aliphatic hydroxyl groups is 1. The predicted molar refractivity (Wildman–Crippen MR) is 57.0 cm³/mol. The Morgan fingerprint density at radius 1 is 1.57 bits per heavy atom. The molecule has 0 saturated carbocycles. The van der Waals surface area contributed by atoms with Gasteiger partial charge in [-0.15, -0.1) is 0 Å². The molecule has 0 rings (SSSR count). The van der Waals surface area contributed by atoms with Crippen molar-refractivity contribution in [2.75, 3.05) is 26.8 Å². The largest absolute Gasteiger partial charge is 0.394 e. The summed E-state index contributed by atoms with van der Waals surface area (Å²) >= 11 is 0. The summed E-state index contributed by atoms with van der Waals surface area (Å²) in [6.45, 7) is 5.08. The molecule has 0 fully saturated rings. The third-order valence-corrected chi connectivity index (χ3v) is 1.45. The van der Waals surface area contributed by atoms with Gasteiger partial charge >= 0.3 is 0 Å². The van der Waals surface area contributed by atoms with Crippen molar-refractivity contribution >= 4 is 5.71 Å². The van der Waals surface area contributed by atoms with Gasteiger partial charge in [0.15, 0.2) is 0 Å². The highest BCUT2D eigenvalue weighted by molar-refractivity contribution is 6.01. The number of aliphatic hydroxyl groups excluding tert-OH is 1. The van der Waals surface area contributed by atoms with Crippen molar-refractivity contribution in [3.8, 4) is 11.8 Å². The van der Waals surface area contributed by atoms with E-state index in [1.807, 2.05) is 20.9 Å². The number of oxime groups is 1. The number of likely N-dealkylation sites (N-methyl/N-ethyl adjacent to an activating group) is 1. The summed E-state index contributed by atoms with van der Waals surface area (Å²) in [6, 6.07) is 0. The van der Waals surface area contributed by atoms with Crippen LogP contribution in [0.1, 0.15) is 13.8 Å². The highest BCUT2D eigenvalue weighted by atomic mass is 16.6. The molecule has 2 N–H and O–H groups in total. The average molecular weight is 198 g/mol. The molecule has 0 aromatic carbocycles. The van der Waals surface area contributed by atoms with Gasteiger partial charge in [-0.3, -0.25) is 0 Å². The lowest BCUT2D eigenvalue weighted by Gasteiger charge is -2.03. The maximum absolute atomic E-state index is 8.53. The number of nitrogens with one attached hydrogen (secondary N) is 1. The molecule has 0 aliphatic carbocycles. The number of nitrogens with zero attached hydrogens (tertiary/aromatic N) is 1. The topological polar surface area (TPSA) is 53.8 Å². The van der Waals surface area contributed by atoms with Crippen LogP contribution >= 0.6 is 0 Å². The van der Waals surface area contributed by atoms with Gasteiger partial charge in [0.25, 0.3) is 0 Å². The van der Waals surface area contributed by atoms with Crippen LogP contribution in [0.25, 0.3) is 0 Å². The molecule has 0 atom stereocenters. The Bertz CT molecular complexity index is 226. The standard InChI is InChI=1S/C10H18N2O2/c1-9(2)10(5-4-7-13)12-14-8-6-11-3/h9,11,13H,6-8H2,1-3H3/b12-10+. The molecule has 0 aromatic rings. The van der Waals surface area contributed by atoms with Crippen LogP contribution in [0.2, 0.25) is 0 Å². The molecule has 0 radical (unpaired) electrons. The first-order chi connectivity index (χ1) is 6.72. The molecule has 0 aliphatic rings. The Hall–Kier alpha value is -1.05. The summed E-state index contributed by atoms with van der Waals surface area (Å²) in [5, 5.41) is 15.4. The van der Waals surface area contributed by atoms with Crippen molar-refractivity contribution < 1.29 is 9.94 Å². The van der Waals surface area contributed by atoms with E-state index in [1.165, 1.54) is 0 Å². The zero-order valence-electron chi connectivity index (χ0n) is 9.00. The summed E-state index contributed by atoms with van der Waals surface area (Å²) in [7, 11) is 1.85. The first kappa shape index (κ1) is 12.9. The SMILES string of the molecule is CNCCO/N=C(\C#CCO)C(C)C. The summed E-state index contributed by atoms with van der Waals surface area (Å²) in [6.07, 6.45) is 0. The molecule has 0 heterocycles. The Balaban J connectivity index is 4.06. The third-order valence-electron chi connectivity index (χ3n) is 1.45. The van der Waals surface area contributed by atoms with Gasteiger partial charge in [0.05, 0.1) is 0 Å². The molecular formula is C10H18N2O2. The van der Waals surface area contributed by atoms with E-state index in [9.17, 15) is 0 Å². The highest BCUT2D eigenvalue weighted by Gasteiger charge is 2.01. The highest BCUT2D eigenvalue weighted by Crippen LogP contribution is 1.96. The van der Waals surface area contributed by atoms with Crippen LogP contribution in [0.5, 0.6) is 0 Å². The Kier molecular flexibility index (Phi) is 7.90. The molecular weight excluding hydrogens is 180 g/mol. The van der Waals surface area contributed by atoms with E-state index in [1.54, 1.807) is 0 Å². The normalized spacial score (nSPS) is 11.1. The van der Waals surface area contributed by atoms with Gasteiger partial charge < -0.3 is 15.3 Å². The lowest BCUT2D eigenvalue weighted by atomic mass is 10.1. The van der Waals surface area contributed by atoms with E-state index >= 15 is 0 Å². The van der Waals surface area contributed by atoms with Crippen LogP contribution in [0.3, 0.4) is 0 Å². The fraction of sp³-hybridized carbons (Fsp3) is 0.700. The van der Waals surface area contributed by atoms with Crippen molar-refractivity contribution in [1.82, 2.24) is 5.32 Å². The number of hydrogen-bond acceptors (Lipinski definition) is 4. The molecule has 80 valence electrons. The second-order valence-corrected chi connectivity index (χ2v) is 3.03. The van der Waals surface area contributed by atoms with E-state index in [2.05, 4.69) is 22.3 Å². The van der Waals surface area contributed by atoms with Crippen molar-refractivity contribution in [2.24, 2.45) is 11.1 Å². The van der Waals surface area contributed by atoms with E-state index in [0.717, 1.165) is 6.54 Å². The maximum Gasteiger partial charge on any atom is 0.132 e. The summed E-state index contributed by atoms with van der Waals surface area (Å²) in [4.78, 5) is 5.04. The lowest BCUT2D eigenvalue weighted by molar-refractivity contribution is 0.146. The van der Waals surface area contributed by atoms with Gasteiger partial charge in [-0.05, 0) is 13.0 Å². The third kappa shape index (κ3) is 6.46. The van der Waals surface area contributed by atoms with Gasteiger partial charge in [-0.1, -0.05) is 24.9 Å². The maximum atomic E-state index is 8.53. The molecule has 0 bridgehead atoms. The number of rotatable bonds is 5. The molecule has 0 aromatic heterocycles. The fourth-order valence-corrected chi connectivity index (χ4v) is 0.666. The van der Waals surface area contributed by atoms with Crippen molar-refractivity contribution in [3.05, 3.63) is 0 Å². The molecule has 14 heavy (non-hydrogen) atoms. The molecule has 0 spiro atoms. The van der Waals surface area contributed by atoms with Crippen LogP contribution in [0.15, 0.2) is 5.16 Å². The zero-order chi connectivity index (χ0) is 10.8. The number of hydrogen-bond donors (Lipinski definition) is 2. The molecule has 4 nitrogen and oxygen atoms in total. The minimum absolute atomic E-state index is 0.151. The summed E-state index contributed by atoms with van der Waals surface area (Å²) in [5.41, 5.74) is 0.662. The molecule has 0 saturated heterocycles. The van der Waals surface area contributed by atoms with Gasteiger partial charge in [-0.25, -0.2) is 0 Å². The smallest absolute Gasteiger partial charge is 0.132 e. The van der Waals surface area contributed by atoms with Crippen LogP contribution < -0.4 is 5.32 Å². The van der Waals surface area contributed by atoms with E-state index in [-0.39, 0.29) is 12.5 Å². The minimum atomic E-state index is -0.151. The quantitative estimate of drug-likeness (QED) is 0.288. The van der Waals surface area contributed by atoms with E-state index in [4.69, 9.17) is 9.94 Å². The van der Waals surface area contributed by atoms with Crippen molar-refractivity contribution in [1.29, 1.82) is 0 Å². The van der Waals surface area contributed by atoms with E-state index in [0.29, 0.717) is 12.3 Å². The second-order valence-electron chi connectivity index (χ2n) is 3.03. The monoisotopic (exact) mass is 198 g/mol. The summed E-state index contributed by atoms with van der Waals surface area (Å²) in [5.74, 6) is 5.51. The van der Waals surface area contributed by atoms with Crippen molar-refractivity contribution in [3.63, 3.8) is 0 Å². The fourth-order valence-electron chi connectivity index (χ4n) is 0.666. The van der Waals surface area contributed by atoms with E-state index < -0.39 is 0 Å². The second kappa shape index (κ2) is 8.54. The molecule has 0 unspecified atom stereocenters. The molecule has 0 aliphatic heterocycles. The first-order valence-corrected chi connectivity index (χ1v) is 4.66. The zero-order valence-corrected chi connectivity index (χ0v) is 9.00. The molecule has 4 heteroatoms.